The predicted molar refractivity (Wildman–Crippen MR) is 408 cm³/mol. The molecule has 2 amide bonds. The average molecular weight is 1560 g/mol. The van der Waals surface area contributed by atoms with Crippen molar-refractivity contribution in [2.24, 2.45) is 0 Å². The highest BCUT2D eigenvalue weighted by Gasteiger charge is 2.46. The van der Waals surface area contributed by atoms with Gasteiger partial charge < -0.3 is 83.1 Å². The topological polar surface area (TPSA) is 382 Å². The minimum Gasteiger partial charge on any atom is -0.505 e. The average Bonchev–Trinajstić information content (AvgIpc) is 1.67. The van der Waals surface area contributed by atoms with Crippen LogP contribution in [0.3, 0.4) is 0 Å². The Balaban J connectivity index is 0.00000152. The summed E-state index contributed by atoms with van der Waals surface area (Å²) in [5, 5.41) is 58.6. The van der Waals surface area contributed by atoms with Crippen molar-refractivity contribution in [2.75, 3.05) is 46.0 Å². The second kappa shape index (κ2) is 65.0. The largest absolute Gasteiger partial charge is 0.505 e. The van der Waals surface area contributed by atoms with E-state index in [1.54, 1.807) is 18.7 Å². The van der Waals surface area contributed by atoms with Crippen LogP contribution >= 0.6 is 11.6 Å². The van der Waals surface area contributed by atoms with Crippen LogP contribution < -0.4 is 0 Å². The number of halogens is 1. The smallest absolute Gasteiger partial charge is 0.415 e. The number of rotatable bonds is 58. The Morgan fingerprint density at radius 1 is 0.361 bits per heavy atom. The lowest BCUT2D eigenvalue weighted by molar-refractivity contribution is -0.157. The van der Waals surface area contributed by atoms with Crippen LogP contribution in [0.5, 0.6) is 0 Å². The first-order valence-electron chi connectivity index (χ1n) is 40.5. The van der Waals surface area contributed by atoms with Gasteiger partial charge in [-0.3, -0.25) is 28.8 Å². The maximum absolute atomic E-state index is 12.4. The molecule has 0 fully saturated rings. The molecular formula is C80H137ClN2O25. The van der Waals surface area contributed by atoms with Crippen molar-refractivity contribution in [3.63, 3.8) is 0 Å². The van der Waals surface area contributed by atoms with Crippen molar-refractivity contribution < 1.29 is 121 Å². The number of hydrogen-bond donors (Lipinski definition) is 6. The van der Waals surface area contributed by atoms with Crippen molar-refractivity contribution in [3.05, 3.63) is 34.6 Å². The number of cyclic esters (lactones) is 3. The Hall–Kier alpha value is -6.71. The third-order valence-corrected chi connectivity index (χ3v) is 18.5. The highest BCUT2D eigenvalue weighted by Crippen LogP contribution is 2.30. The summed E-state index contributed by atoms with van der Waals surface area (Å²) in [4.78, 5) is 119. The number of ether oxygens (including phenoxy) is 9. The monoisotopic (exact) mass is 1560 g/mol. The molecule has 6 N–H and O–H groups in total. The van der Waals surface area contributed by atoms with Crippen LogP contribution in [-0.2, 0) is 81.0 Å². The molecule has 28 heteroatoms. The van der Waals surface area contributed by atoms with Gasteiger partial charge in [0, 0.05) is 59.3 Å². The second-order valence-electron chi connectivity index (χ2n) is 27.5. The number of carbonyl (C=O) groups is 10. The number of nitrogens with zero attached hydrogens (tertiary/aromatic N) is 2. The summed E-state index contributed by atoms with van der Waals surface area (Å²) in [6.45, 7) is 16.9. The van der Waals surface area contributed by atoms with E-state index in [-0.39, 0.29) is 24.6 Å². The van der Waals surface area contributed by atoms with Crippen LogP contribution in [0, 0.1) is 0 Å². The quantitative estimate of drug-likeness (QED) is 0.0108. The molecule has 27 nitrogen and oxygen atoms in total. The number of carbonyl (C=O) groups excluding carboxylic acids is 10. The highest BCUT2D eigenvalue weighted by atomic mass is 35.5. The molecule has 0 bridgehead atoms. The molecule has 3 aliphatic heterocycles. The van der Waals surface area contributed by atoms with Gasteiger partial charge in [0.2, 0.25) is 11.5 Å². The number of aliphatic hydroxyl groups excluding tert-OH is 6. The van der Waals surface area contributed by atoms with Gasteiger partial charge in [-0.2, -0.15) is 0 Å². The fraction of sp³-hybridized carbons (Fsp3) is 0.800. The third-order valence-electron chi connectivity index (χ3n) is 18.2. The van der Waals surface area contributed by atoms with Crippen LogP contribution in [0.1, 0.15) is 332 Å². The molecule has 3 rings (SSSR count). The maximum atomic E-state index is 12.4. The van der Waals surface area contributed by atoms with Crippen molar-refractivity contribution in [1.29, 1.82) is 0 Å². The summed E-state index contributed by atoms with van der Waals surface area (Å²) in [6, 6.07) is 0. The van der Waals surface area contributed by atoms with E-state index < -0.39 is 145 Å². The van der Waals surface area contributed by atoms with Gasteiger partial charge in [0.1, 0.15) is 38.1 Å². The molecule has 3 aliphatic rings. The van der Waals surface area contributed by atoms with Gasteiger partial charge in [0.05, 0.1) is 0 Å². The van der Waals surface area contributed by atoms with Crippen molar-refractivity contribution in [2.45, 2.75) is 369 Å². The van der Waals surface area contributed by atoms with Gasteiger partial charge in [-0.05, 0) is 58.6 Å². The summed E-state index contributed by atoms with van der Waals surface area (Å²) in [5.41, 5.74) is 0. The number of esters is 8. The lowest BCUT2D eigenvalue weighted by atomic mass is 10.0. The molecule has 0 aromatic carbocycles. The van der Waals surface area contributed by atoms with Gasteiger partial charge in [-0.15, -0.1) is 0 Å². The van der Waals surface area contributed by atoms with Crippen LogP contribution in [0.15, 0.2) is 34.6 Å². The SMILES string of the molecule is CCCCCCCCCCCCCCCC(=O)OC[C@H](O)[C@H]1OC(=O)C(O)=C1O.CCCCCCCCCCCCCCCC(=O)OC[C@H](O)[C@H]1OC(=O)C(OC(C)=O)=C1O.CCCCCCCCCCCCCCCC(=O)OC[C@H](O)[C@H]1OC(=O)C(OC(C)=O)=C1OC(=O)N(CC)CC.CCN(CC)C(=O)Cl. The van der Waals surface area contributed by atoms with Gasteiger partial charge in [0.25, 0.3) is 11.5 Å². The van der Waals surface area contributed by atoms with Gasteiger partial charge in [-0.1, -0.05) is 252 Å². The van der Waals surface area contributed by atoms with E-state index in [9.17, 15) is 78.6 Å². The van der Waals surface area contributed by atoms with E-state index in [4.69, 9.17) is 44.8 Å². The first kappa shape index (κ1) is 101. The van der Waals surface area contributed by atoms with Crippen LogP contribution in [0.2, 0.25) is 0 Å². The van der Waals surface area contributed by atoms with Crippen molar-refractivity contribution in [1.82, 2.24) is 9.80 Å². The number of aliphatic hydroxyl groups is 6. The standard InChI is InChI=1S/C29H49NO9.C24H40O8.C22H38O7.C5H10ClNO/c1-5-8-9-10-11-12-13-14-15-16-17-18-19-20-24(33)36-21-23(32)25-26(39-29(35)30(6-2)7-3)27(28(34)38-25)37-22(4)31;1-3-4-5-6-7-8-9-10-11-12-13-14-15-16-20(27)30-17-19(26)22-21(28)23(24(29)32-22)31-18(2)25;1-2-3-4-5-6-7-8-9-10-11-12-13-14-15-18(24)28-16-17(23)21-19(25)20(26)22(27)29-21;1-3-7(4-2)5(6)8/h23,25,32H,5-21H2,1-4H3;19,22,26,28H,3-17H2,1-2H3;17,21,23,25-26H,2-16H2,1H3;3-4H2,1-2H3/t23-,25+;19-,22+;17-,21+;/m000./s1. The van der Waals surface area contributed by atoms with E-state index in [1.807, 2.05) is 13.8 Å². The zero-order valence-electron chi connectivity index (χ0n) is 66.8. The van der Waals surface area contributed by atoms with Gasteiger partial charge in [0.15, 0.2) is 29.8 Å². The Labute approximate surface area is 648 Å². The van der Waals surface area contributed by atoms with E-state index in [1.165, 1.54) is 191 Å². The van der Waals surface area contributed by atoms with E-state index in [0.29, 0.717) is 39.0 Å². The van der Waals surface area contributed by atoms with Crippen LogP contribution in [-0.4, -0.2) is 182 Å². The normalized spacial score (nSPS) is 15.9. The molecule has 108 heavy (non-hydrogen) atoms. The Morgan fingerprint density at radius 3 is 0.889 bits per heavy atom. The molecule has 0 saturated heterocycles. The molecule has 0 aliphatic carbocycles. The fourth-order valence-electron chi connectivity index (χ4n) is 11.7. The molecule has 0 aromatic heterocycles. The number of hydrogen-bond acceptors (Lipinski definition) is 25. The summed E-state index contributed by atoms with van der Waals surface area (Å²) in [7, 11) is 0. The van der Waals surface area contributed by atoms with E-state index >= 15 is 0 Å². The number of unbranched alkanes of at least 4 members (excludes halogenated alkanes) is 36. The van der Waals surface area contributed by atoms with E-state index in [0.717, 1.165) is 65.2 Å². The zero-order valence-corrected chi connectivity index (χ0v) is 67.6. The molecule has 6 atom stereocenters. The Bertz CT molecular complexity index is 2640. The molecule has 3 heterocycles. The second-order valence-corrected chi connectivity index (χ2v) is 27.8. The highest BCUT2D eigenvalue weighted by molar-refractivity contribution is 6.62. The predicted octanol–water partition coefficient (Wildman–Crippen LogP) is 16.5. The van der Waals surface area contributed by atoms with Crippen molar-refractivity contribution >= 4 is 70.8 Å². The summed E-state index contributed by atoms with van der Waals surface area (Å²) >= 11 is 5.13. The molecule has 0 radical (unpaired) electrons. The molecular weight excluding hydrogens is 1420 g/mol. The summed E-state index contributed by atoms with van der Waals surface area (Å²) in [6.07, 6.45) is 38.6. The molecule has 0 aromatic rings. The molecule has 624 valence electrons. The Morgan fingerprint density at radius 2 is 0.620 bits per heavy atom. The first-order valence-corrected chi connectivity index (χ1v) is 40.9. The summed E-state index contributed by atoms with van der Waals surface area (Å²) in [5.74, 6) is -10.3. The minimum absolute atomic E-state index is 0.216. The zero-order chi connectivity index (χ0) is 80.9. The maximum Gasteiger partial charge on any atom is 0.415 e. The molecule has 0 unspecified atom stereocenters. The van der Waals surface area contributed by atoms with Crippen LogP contribution in [0.4, 0.5) is 9.59 Å². The molecule has 0 spiro atoms. The Kier molecular flexibility index (Phi) is 61.0. The van der Waals surface area contributed by atoms with Gasteiger partial charge in [-0.25, -0.2) is 19.2 Å². The number of amides is 2. The summed E-state index contributed by atoms with van der Waals surface area (Å²) < 4.78 is 44.3. The lowest BCUT2D eigenvalue weighted by Gasteiger charge is -2.22. The lowest BCUT2D eigenvalue weighted by Crippen LogP contribution is -2.37. The third kappa shape index (κ3) is 48.1. The molecule has 0 saturated carbocycles. The first-order chi connectivity index (χ1) is 51.8. The van der Waals surface area contributed by atoms with Crippen molar-refractivity contribution in [3.8, 4) is 0 Å². The van der Waals surface area contributed by atoms with Gasteiger partial charge >= 0.3 is 59.2 Å². The minimum atomic E-state index is -1.52. The van der Waals surface area contributed by atoms with Crippen LogP contribution in [0.25, 0.3) is 0 Å². The fourth-order valence-corrected chi connectivity index (χ4v) is 12.0. The van der Waals surface area contributed by atoms with E-state index in [2.05, 4.69) is 30.2 Å².